The maximum Gasteiger partial charge on any atom is 0.342 e. The number of rotatable bonds is 8. The van der Waals surface area contributed by atoms with Gasteiger partial charge < -0.3 is 19.5 Å². The number of ether oxygens (including phenoxy) is 1. The van der Waals surface area contributed by atoms with Gasteiger partial charge in [0.25, 0.3) is 5.91 Å². The van der Waals surface area contributed by atoms with Crippen molar-refractivity contribution >= 4 is 35.4 Å². The number of hydrogen-bond acceptors (Lipinski definition) is 8. The predicted octanol–water partition coefficient (Wildman–Crippen LogP) is 3.69. The van der Waals surface area contributed by atoms with Gasteiger partial charge in [0.2, 0.25) is 11.8 Å². The average molecular weight is 500 g/mol. The van der Waals surface area contributed by atoms with Gasteiger partial charge >= 0.3 is 5.97 Å². The van der Waals surface area contributed by atoms with Gasteiger partial charge in [-0.2, -0.15) is 0 Å². The van der Waals surface area contributed by atoms with Gasteiger partial charge in [-0.1, -0.05) is 56.8 Å². The highest BCUT2D eigenvalue weighted by Gasteiger charge is 2.29. The largest absolute Gasteiger partial charge is 0.462 e. The van der Waals surface area contributed by atoms with Crippen LogP contribution in [-0.2, 0) is 22.0 Å². The number of nitrogens with one attached hydrogen (secondary N) is 1. The van der Waals surface area contributed by atoms with Crippen LogP contribution in [0, 0.1) is 6.92 Å². The summed E-state index contributed by atoms with van der Waals surface area (Å²) in [5.41, 5.74) is 7.28. The molecule has 35 heavy (non-hydrogen) atoms. The van der Waals surface area contributed by atoms with Crippen molar-refractivity contribution in [3.05, 3.63) is 46.7 Å². The van der Waals surface area contributed by atoms with E-state index >= 15 is 0 Å². The van der Waals surface area contributed by atoms with E-state index in [0.29, 0.717) is 11.0 Å². The van der Waals surface area contributed by atoms with E-state index in [-0.39, 0.29) is 40.5 Å². The second-order valence-corrected chi connectivity index (χ2v) is 9.79. The highest BCUT2D eigenvalue weighted by Crippen LogP contribution is 2.29. The second kappa shape index (κ2) is 10.3. The molecule has 0 spiro atoms. The maximum absolute atomic E-state index is 12.6. The van der Waals surface area contributed by atoms with Crippen LogP contribution in [-0.4, -0.2) is 44.9 Å². The molecule has 0 aliphatic heterocycles. The van der Waals surface area contributed by atoms with E-state index < -0.39 is 17.8 Å². The molecule has 0 radical (unpaired) electrons. The molecular formula is C24H29N5O5S. The molecule has 0 saturated heterocycles. The molecule has 3 N–H and O–H groups in total. The van der Waals surface area contributed by atoms with Gasteiger partial charge in [0.05, 0.1) is 12.4 Å². The molecule has 1 aromatic carbocycles. The van der Waals surface area contributed by atoms with E-state index in [2.05, 4.69) is 48.4 Å². The third-order valence-corrected chi connectivity index (χ3v) is 6.26. The molecule has 10 nitrogen and oxygen atoms in total. The molecule has 0 unspecified atom stereocenters. The quantitative estimate of drug-likeness (QED) is 0.353. The molecule has 0 aliphatic carbocycles. The van der Waals surface area contributed by atoms with E-state index in [4.69, 9.17) is 14.9 Å². The molecule has 2 heterocycles. The fraction of sp³-hybridized carbons (Fsp3) is 0.375. The summed E-state index contributed by atoms with van der Waals surface area (Å²) in [5.74, 6) is -1.58. The van der Waals surface area contributed by atoms with Crippen molar-refractivity contribution in [2.45, 2.75) is 45.2 Å². The van der Waals surface area contributed by atoms with Crippen LogP contribution in [0.3, 0.4) is 0 Å². The molecular weight excluding hydrogens is 470 g/mol. The number of carbonyl (C=O) groups excluding carboxylic acids is 3. The first kappa shape index (κ1) is 26.0. The number of esters is 1. The Balaban J connectivity index is 1.71. The highest BCUT2D eigenvalue weighted by atomic mass is 32.2. The number of nitrogens with two attached hydrogens (primary N) is 1. The Morgan fingerprint density at radius 3 is 2.37 bits per heavy atom. The number of carbonyl (C=O) groups is 3. The zero-order chi connectivity index (χ0) is 25.9. The Morgan fingerprint density at radius 2 is 1.80 bits per heavy atom. The van der Waals surface area contributed by atoms with Crippen LogP contribution in [0.15, 0.2) is 33.8 Å². The summed E-state index contributed by atoms with van der Waals surface area (Å²) in [5, 5.41) is 11.5. The summed E-state index contributed by atoms with van der Waals surface area (Å²) in [6, 6.07) is 8.13. The van der Waals surface area contributed by atoms with Crippen molar-refractivity contribution in [1.82, 2.24) is 14.8 Å². The minimum Gasteiger partial charge on any atom is -0.462 e. The zero-order valence-electron chi connectivity index (χ0n) is 20.6. The number of hydrogen-bond donors (Lipinski definition) is 2. The van der Waals surface area contributed by atoms with Crippen LogP contribution >= 0.6 is 11.8 Å². The summed E-state index contributed by atoms with van der Waals surface area (Å²) < 4.78 is 12.2. The number of thioether (sulfide) groups is 1. The van der Waals surface area contributed by atoms with Gasteiger partial charge in [-0.25, -0.2) is 4.79 Å². The SMILES string of the molecule is CCOC(=O)c1c(C)oc(NC(=O)CSc2nnc(-c3ccc(C(C)(C)C)cc3)n2C)c1C(N)=O. The normalized spacial score (nSPS) is 11.4. The van der Waals surface area contributed by atoms with E-state index in [9.17, 15) is 14.4 Å². The van der Waals surface area contributed by atoms with Gasteiger partial charge in [-0.05, 0) is 24.8 Å². The number of benzene rings is 1. The van der Waals surface area contributed by atoms with Crippen LogP contribution in [0.1, 0.15) is 59.7 Å². The molecule has 3 rings (SSSR count). The summed E-state index contributed by atoms with van der Waals surface area (Å²) in [6.07, 6.45) is 0. The third kappa shape index (κ3) is 5.73. The smallest absolute Gasteiger partial charge is 0.342 e. The lowest BCUT2D eigenvalue weighted by atomic mass is 9.87. The number of aromatic nitrogens is 3. The van der Waals surface area contributed by atoms with Crippen molar-refractivity contribution < 1.29 is 23.5 Å². The van der Waals surface area contributed by atoms with E-state index in [1.807, 2.05) is 19.2 Å². The number of primary amides is 1. The van der Waals surface area contributed by atoms with Crippen molar-refractivity contribution in [3.8, 4) is 11.4 Å². The van der Waals surface area contributed by atoms with Crippen LogP contribution in [0.5, 0.6) is 0 Å². The van der Waals surface area contributed by atoms with Crippen LogP contribution in [0.25, 0.3) is 11.4 Å². The van der Waals surface area contributed by atoms with Crippen molar-refractivity contribution in [1.29, 1.82) is 0 Å². The van der Waals surface area contributed by atoms with Crippen molar-refractivity contribution in [3.63, 3.8) is 0 Å². The minimum atomic E-state index is -0.914. The van der Waals surface area contributed by atoms with Crippen LogP contribution < -0.4 is 11.1 Å². The van der Waals surface area contributed by atoms with Gasteiger partial charge in [0.1, 0.15) is 16.9 Å². The molecule has 3 aromatic rings. The Kier molecular flexibility index (Phi) is 7.69. The zero-order valence-corrected chi connectivity index (χ0v) is 21.4. The Morgan fingerprint density at radius 1 is 1.14 bits per heavy atom. The van der Waals surface area contributed by atoms with E-state index in [1.54, 1.807) is 11.5 Å². The van der Waals surface area contributed by atoms with Gasteiger partial charge in [-0.3, -0.25) is 14.9 Å². The number of aryl methyl sites for hydroxylation is 1. The lowest BCUT2D eigenvalue weighted by molar-refractivity contribution is -0.113. The first-order valence-corrected chi connectivity index (χ1v) is 12.0. The summed E-state index contributed by atoms with van der Waals surface area (Å²) >= 11 is 1.16. The molecule has 0 atom stereocenters. The van der Waals surface area contributed by atoms with Crippen molar-refractivity contribution in [2.75, 3.05) is 17.7 Å². The predicted molar refractivity (Wildman–Crippen MR) is 132 cm³/mol. The molecule has 11 heteroatoms. The molecule has 2 aromatic heterocycles. The fourth-order valence-corrected chi connectivity index (χ4v) is 4.13. The number of furan rings is 1. The van der Waals surface area contributed by atoms with Gasteiger partial charge in [0.15, 0.2) is 11.0 Å². The van der Waals surface area contributed by atoms with E-state index in [0.717, 1.165) is 17.3 Å². The lowest BCUT2D eigenvalue weighted by Gasteiger charge is -2.19. The topological polar surface area (TPSA) is 142 Å². The summed E-state index contributed by atoms with van der Waals surface area (Å²) in [4.78, 5) is 36.7. The number of nitrogens with zero attached hydrogens (tertiary/aromatic N) is 3. The van der Waals surface area contributed by atoms with Gasteiger partial charge in [0, 0.05) is 12.6 Å². The standard InChI is InChI=1S/C24H29N5O5S/c1-7-33-22(32)17-13(2)34-21(18(17)19(25)31)26-16(30)12-35-23-28-27-20(29(23)6)14-8-10-15(11-9-14)24(3,4)5/h8-11H,7,12H2,1-6H3,(H2,25,31)(H,26,30). The molecule has 0 fully saturated rings. The maximum atomic E-state index is 12.6. The van der Waals surface area contributed by atoms with Gasteiger partial charge in [-0.15, -0.1) is 10.2 Å². The molecule has 0 aliphatic rings. The monoisotopic (exact) mass is 499 g/mol. The van der Waals surface area contributed by atoms with E-state index in [1.165, 1.54) is 12.5 Å². The Hall–Kier alpha value is -3.60. The van der Waals surface area contributed by atoms with Crippen LogP contribution in [0.4, 0.5) is 5.88 Å². The first-order chi connectivity index (χ1) is 16.4. The molecule has 0 bridgehead atoms. The molecule has 0 saturated carbocycles. The molecule has 2 amide bonds. The number of amides is 2. The second-order valence-electron chi connectivity index (χ2n) is 8.85. The molecule has 186 valence electrons. The Bertz CT molecular complexity index is 1250. The summed E-state index contributed by atoms with van der Waals surface area (Å²) in [7, 11) is 1.82. The first-order valence-electron chi connectivity index (χ1n) is 11.0. The minimum absolute atomic E-state index is 0.0401. The third-order valence-electron chi connectivity index (χ3n) is 5.24. The van der Waals surface area contributed by atoms with Crippen LogP contribution in [0.2, 0.25) is 0 Å². The fourth-order valence-electron chi connectivity index (χ4n) is 3.42. The number of anilines is 1. The summed E-state index contributed by atoms with van der Waals surface area (Å²) in [6.45, 7) is 9.68. The highest BCUT2D eigenvalue weighted by molar-refractivity contribution is 7.99. The average Bonchev–Trinajstić information content (AvgIpc) is 3.31. The lowest BCUT2D eigenvalue weighted by Crippen LogP contribution is -2.21. The van der Waals surface area contributed by atoms with Crippen molar-refractivity contribution in [2.24, 2.45) is 12.8 Å². The Labute approximate surface area is 207 Å².